The van der Waals surface area contributed by atoms with Crippen LogP contribution in [0.3, 0.4) is 0 Å². The zero-order valence-electron chi connectivity index (χ0n) is 8.91. The van der Waals surface area contributed by atoms with Crippen LogP contribution in [0.1, 0.15) is 60.3 Å². The molecular formula is C11H24. The van der Waals surface area contributed by atoms with Crippen molar-refractivity contribution in [2.24, 2.45) is 11.3 Å². The molecule has 0 aromatic heterocycles. The smallest absolute Gasteiger partial charge is 0.0352 e. The van der Waals surface area contributed by atoms with Crippen molar-refractivity contribution < 1.29 is 0 Å². The fourth-order valence-corrected chi connectivity index (χ4v) is 1.87. The summed E-state index contributed by atoms with van der Waals surface area (Å²) in [6, 6.07) is 0. The van der Waals surface area contributed by atoms with E-state index in [0.29, 0.717) is 5.41 Å². The molecule has 0 heteroatoms. The molecule has 0 amide bonds. The minimum atomic E-state index is 0.574. The quantitative estimate of drug-likeness (QED) is 0.558. The van der Waals surface area contributed by atoms with Crippen molar-refractivity contribution in [2.45, 2.75) is 60.3 Å². The molecule has 11 heavy (non-hydrogen) atoms. The van der Waals surface area contributed by atoms with Crippen LogP contribution in [0.5, 0.6) is 0 Å². The molecule has 1 atom stereocenters. The first-order chi connectivity index (χ1) is 5.02. The van der Waals surface area contributed by atoms with Crippen LogP contribution in [0.4, 0.5) is 0 Å². The monoisotopic (exact) mass is 156 g/mol. The van der Waals surface area contributed by atoms with Gasteiger partial charge in [0.25, 0.3) is 0 Å². The minimum absolute atomic E-state index is 0.574. The Kier molecular flexibility index (Phi) is 4.79. The van der Waals surface area contributed by atoms with E-state index >= 15 is 0 Å². The molecule has 0 aromatic rings. The maximum atomic E-state index is 2.39. The van der Waals surface area contributed by atoms with E-state index < -0.39 is 0 Å². The van der Waals surface area contributed by atoms with Crippen molar-refractivity contribution in [2.75, 3.05) is 0 Å². The highest BCUT2D eigenvalue weighted by Gasteiger charge is 2.18. The Morgan fingerprint density at radius 3 is 2.09 bits per heavy atom. The van der Waals surface area contributed by atoms with Crippen LogP contribution in [-0.2, 0) is 0 Å². The van der Waals surface area contributed by atoms with Crippen LogP contribution in [0, 0.1) is 11.3 Å². The van der Waals surface area contributed by atoms with Crippen molar-refractivity contribution in [3.05, 3.63) is 0 Å². The van der Waals surface area contributed by atoms with Crippen LogP contribution in [-0.4, -0.2) is 0 Å². The lowest BCUT2D eigenvalue weighted by Gasteiger charge is -2.27. The van der Waals surface area contributed by atoms with Gasteiger partial charge in [0.15, 0.2) is 0 Å². The maximum absolute atomic E-state index is 2.39. The second-order valence-electron chi connectivity index (χ2n) is 4.63. The molecule has 0 spiro atoms. The van der Waals surface area contributed by atoms with Crippen molar-refractivity contribution in [1.29, 1.82) is 0 Å². The topological polar surface area (TPSA) is 0 Å². The largest absolute Gasteiger partial charge is 0.0654 e. The standard InChI is InChI=1S/C11H24/c1-6-8-11(4,5)9-10(3)7-2/h10H,6-9H2,1-5H3. The second kappa shape index (κ2) is 4.79. The van der Waals surface area contributed by atoms with Gasteiger partial charge < -0.3 is 0 Å². The van der Waals surface area contributed by atoms with Crippen LogP contribution in [0.2, 0.25) is 0 Å². The molecule has 0 rings (SSSR count). The highest BCUT2D eigenvalue weighted by Crippen LogP contribution is 2.31. The molecule has 0 heterocycles. The van der Waals surface area contributed by atoms with Gasteiger partial charge in [-0.2, -0.15) is 0 Å². The second-order valence-corrected chi connectivity index (χ2v) is 4.63. The minimum Gasteiger partial charge on any atom is -0.0654 e. The molecule has 0 aliphatic heterocycles. The summed E-state index contributed by atoms with van der Waals surface area (Å²) in [6.45, 7) is 11.7. The van der Waals surface area contributed by atoms with Gasteiger partial charge in [0.1, 0.15) is 0 Å². The molecule has 68 valence electrons. The van der Waals surface area contributed by atoms with Crippen LogP contribution in [0.25, 0.3) is 0 Å². The summed E-state index contributed by atoms with van der Waals surface area (Å²) in [5.41, 5.74) is 0.574. The third-order valence-corrected chi connectivity index (χ3v) is 2.52. The van der Waals surface area contributed by atoms with E-state index in [4.69, 9.17) is 0 Å². The Balaban J connectivity index is 3.70. The molecule has 0 aliphatic carbocycles. The van der Waals surface area contributed by atoms with Gasteiger partial charge in [0.2, 0.25) is 0 Å². The highest BCUT2D eigenvalue weighted by atomic mass is 14.2. The summed E-state index contributed by atoms with van der Waals surface area (Å²) in [6.07, 6.45) is 5.41. The molecule has 0 N–H and O–H groups in total. The Bertz CT molecular complexity index is 92.2. The average molecular weight is 156 g/mol. The zero-order valence-corrected chi connectivity index (χ0v) is 8.91. The SMILES string of the molecule is CCCC(C)(C)CC(C)CC. The van der Waals surface area contributed by atoms with Gasteiger partial charge in [-0.15, -0.1) is 0 Å². The van der Waals surface area contributed by atoms with Gasteiger partial charge in [-0.1, -0.05) is 47.5 Å². The first-order valence-electron chi connectivity index (χ1n) is 5.02. The third-order valence-electron chi connectivity index (χ3n) is 2.52. The van der Waals surface area contributed by atoms with Crippen LogP contribution >= 0.6 is 0 Å². The van der Waals surface area contributed by atoms with E-state index in [2.05, 4.69) is 34.6 Å². The number of rotatable bonds is 5. The zero-order chi connectivity index (χ0) is 8.91. The molecule has 0 fully saturated rings. The first kappa shape index (κ1) is 11.0. The molecule has 0 saturated carbocycles. The van der Waals surface area contributed by atoms with E-state index in [1.807, 2.05) is 0 Å². The van der Waals surface area contributed by atoms with Gasteiger partial charge in [-0.25, -0.2) is 0 Å². The predicted octanol–water partition coefficient (Wildman–Crippen LogP) is 4.25. The van der Waals surface area contributed by atoms with E-state index in [0.717, 1.165) is 5.92 Å². The number of hydrogen-bond acceptors (Lipinski definition) is 0. The average Bonchev–Trinajstić information content (AvgIpc) is 1.86. The molecule has 0 radical (unpaired) electrons. The maximum Gasteiger partial charge on any atom is -0.0352 e. The molecule has 0 bridgehead atoms. The molecular weight excluding hydrogens is 132 g/mol. The summed E-state index contributed by atoms with van der Waals surface area (Å²) < 4.78 is 0. The molecule has 0 nitrogen and oxygen atoms in total. The number of hydrogen-bond donors (Lipinski definition) is 0. The highest BCUT2D eigenvalue weighted by molar-refractivity contribution is 4.70. The summed E-state index contributed by atoms with van der Waals surface area (Å²) >= 11 is 0. The van der Waals surface area contributed by atoms with Gasteiger partial charge in [-0.05, 0) is 24.2 Å². The lowest BCUT2D eigenvalue weighted by atomic mass is 9.79. The Morgan fingerprint density at radius 2 is 1.73 bits per heavy atom. The van der Waals surface area contributed by atoms with Gasteiger partial charge >= 0.3 is 0 Å². The Morgan fingerprint density at radius 1 is 1.18 bits per heavy atom. The van der Waals surface area contributed by atoms with Crippen molar-refractivity contribution in [3.63, 3.8) is 0 Å². The summed E-state index contributed by atoms with van der Waals surface area (Å²) in [5, 5.41) is 0. The van der Waals surface area contributed by atoms with Crippen LogP contribution in [0.15, 0.2) is 0 Å². The van der Waals surface area contributed by atoms with Gasteiger partial charge in [0, 0.05) is 0 Å². The van der Waals surface area contributed by atoms with Crippen LogP contribution < -0.4 is 0 Å². The van der Waals surface area contributed by atoms with Gasteiger partial charge in [0.05, 0.1) is 0 Å². The molecule has 1 unspecified atom stereocenters. The molecule has 0 aromatic carbocycles. The van der Waals surface area contributed by atoms with Crippen molar-refractivity contribution >= 4 is 0 Å². The fraction of sp³-hybridized carbons (Fsp3) is 1.00. The Hall–Kier alpha value is 0. The third kappa shape index (κ3) is 5.29. The first-order valence-corrected chi connectivity index (χ1v) is 5.02. The predicted molar refractivity (Wildman–Crippen MR) is 52.8 cm³/mol. The lowest BCUT2D eigenvalue weighted by molar-refractivity contribution is 0.251. The van der Waals surface area contributed by atoms with Crippen molar-refractivity contribution in [1.82, 2.24) is 0 Å². The van der Waals surface area contributed by atoms with Gasteiger partial charge in [-0.3, -0.25) is 0 Å². The summed E-state index contributed by atoms with van der Waals surface area (Å²) in [4.78, 5) is 0. The molecule has 0 saturated heterocycles. The fourth-order valence-electron chi connectivity index (χ4n) is 1.87. The lowest BCUT2D eigenvalue weighted by Crippen LogP contribution is -2.14. The molecule has 0 aliphatic rings. The van der Waals surface area contributed by atoms with E-state index in [9.17, 15) is 0 Å². The van der Waals surface area contributed by atoms with E-state index in [-0.39, 0.29) is 0 Å². The normalized spacial score (nSPS) is 15.0. The van der Waals surface area contributed by atoms with E-state index in [1.54, 1.807) is 0 Å². The van der Waals surface area contributed by atoms with E-state index in [1.165, 1.54) is 25.7 Å². The summed E-state index contributed by atoms with van der Waals surface area (Å²) in [7, 11) is 0. The summed E-state index contributed by atoms with van der Waals surface area (Å²) in [5.74, 6) is 0.900. The Labute approximate surface area is 72.4 Å². The van der Waals surface area contributed by atoms with Crippen molar-refractivity contribution in [3.8, 4) is 0 Å².